The third kappa shape index (κ3) is 5.01. The maximum atomic E-state index is 15.9. The molecule has 4 rings (SSSR count). The number of amides is 1. The van der Waals surface area contributed by atoms with Gasteiger partial charge in [0.15, 0.2) is 0 Å². The molecule has 0 N–H and O–H groups in total. The van der Waals surface area contributed by atoms with Crippen LogP contribution in [-0.4, -0.2) is 68.9 Å². The molecule has 0 aliphatic carbocycles. The summed E-state index contributed by atoms with van der Waals surface area (Å²) in [5.41, 5.74) is 0.674. The fourth-order valence-corrected chi connectivity index (χ4v) is 4.76. The van der Waals surface area contributed by atoms with Gasteiger partial charge in [-0.1, -0.05) is 13.8 Å². The Bertz CT molecular complexity index is 1430. The SMILES string of the molecule is COc1ncc2c(N3CCN(C(=O)OC(C)(C)C)C[C@@H]3C)nc(=O)n(-c3c(C)ccnc3C(C)C)c2c1F. The second-order valence-corrected chi connectivity index (χ2v) is 10.9. The topological polar surface area (TPSA) is 103 Å². The number of nitrogens with zero attached hydrogens (tertiary/aromatic N) is 6. The number of ether oxygens (including phenoxy) is 2. The number of halogens is 1. The predicted molar refractivity (Wildman–Crippen MR) is 143 cm³/mol. The van der Waals surface area contributed by atoms with Gasteiger partial charge in [-0.05, 0) is 52.2 Å². The molecular formula is C27H35FN6O4. The van der Waals surface area contributed by atoms with Crippen molar-refractivity contribution in [1.29, 1.82) is 0 Å². The van der Waals surface area contributed by atoms with Crippen molar-refractivity contribution in [2.24, 2.45) is 0 Å². The number of rotatable bonds is 4. The zero-order chi connectivity index (χ0) is 27.9. The van der Waals surface area contributed by atoms with Crippen molar-refractivity contribution in [3.05, 3.63) is 46.0 Å². The smallest absolute Gasteiger partial charge is 0.410 e. The molecule has 0 radical (unpaired) electrons. The lowest BCUT2D eigenvalue weighted by Gasteiger charge is -2.41. The maximum Gasteiger partial charge on any atom is 0.410 e. The van der Waals surface area contributed by atoms with Crippen LogP contribution in [0.3, 0.4) is 0 Å². The highest BCUT2D eigenvalue weighted by molar-refractivity contribution is 5.91. The Hall–Kier alpha value is -3.76. The fourth-order valence-electron chi connectivity index (χ4n) is 4.76. The van der Waals surface area contributed by atoms with Crippen LogP contribution in [0.4, 0.5) is 15.0 Å². The van der Waals surface area contributed by atoms with Crippen LogP contribution in [0.5, 0.6) is 5.88 Å². The summed E-state index contributed by atoms with van der Waals surface area (Å²) in [6.07, 6.45) is 2.75. The van der Waals surface area contributed by atoms with E-state index in [2.05, 4.69) is 15.0 Å². The Labute approximate surface area is 221 Å². The first kappa shape index (κ1) is 27.3. The molecule has 3 aromatic heterocycles. The molecule has 11 heteroatoms. The van der Waals surface area contributed by atoms with E-state index < -0.39 is 23.2 Å². The monoisotopic (exact) mass is 526 g/mol. The van der Waals surface area contributed by atoms with Gasteiger partial charge in [0.05, 0.1) is 23.9 Å². The Kier molecular flexibility index (Phi) is 7.31. The summed E-state index contributed by atoms with van der Waals surface area (Å²) in [5.74, 6) is -0.708. The Balaban J connectivity index is 1.88. The summed E-state index contributed by atoms with van der Waals surface area (Å²) in [5, 5.41) is 0.360. The Morgan fingerprint density at radius 3 is 2.53 bits per heavy atom. The number of aryl methyl sites for hydroxylation is 1. The average Bonchev–Trinajstić information content (AvgIpc) is 2.83. The molecule has 3 aromatic rings. The number of pyridine rings is 2. The zero-order valence-electron chi connectivity index (χ0n) is 23.2. The summed E-state index contributed by atoms with van der Waals surface area (Å²) in [4.78, 5) is 43.0. The lowest BCUT2D eigenvalue weighted by molar-refractivity contribution is 0.0218. The van der Waals surface area contributed by atoms with Crippen LogP contribution >= 0.6 is 0 Å². The first-order valence-electron chi connectivity index (χ1n) is 12.7. The van der Waals surface area contributed by atoms with E-state index in [0.717, 1.165) is 5.56 Å². The summed E-state index contributed by atoms with van der Waals surface area (Å²) in [6.45, 7) is 14.2. The maximum absolute atomic E-state index is 15.9. The van der Waals surface area contributed by atoms with Crippen LogP contribution in [-0.2, 0) is 4.74 Å². The predicted octanol–water partition coefficient (Wildman–Crippen LogP) is 4.20. The third-order valence-electron chi connectivity index (χ3n) is 6.49. The minimum Gasteiger partial charge on any atom is -0.479 e. The molecule has 1 fully saturated rings. The van der Waals surface area contributed by atoms with Crippen LogP contribution in [0.25, 0.3) is 16.6 Å². The van der Waals surface area contributed by atoms with E-state index in [4.69, 9.17) is 9.47 Å². The van der Waals surface area contributed by atoms with Gasteiger partial charge in [0.1, 0.15) is 16.9 Å². The molecule has 38 heavy (non-hydrogen) atoms. The van der Waals surface area contributed by atoms with Crippen LogP contribution in [0.2, 0.25) is 0 Å². The number of aromatic nitrogens is 4. The summed E-state index contributed by atoms with van der Waals surface area (Å²) in [6, 6.07) is 1.56. The molecule has 0 saturated carbocycles. The highest BCUT2D eigenvalue weighted by Gasteiger charge is 2.33. The summed E-state index contributed by atoms with van der Waals surface area (Å²) in [7, 11) is 1.33. The van der Waals surface area contributed by atoms with Gasteiger partial charge >= 0.3 is 11.8 Å². The number of carbonyl (C=O) groups is 1. The minimum atomic E-state index is -0.760. The molecule has 0 bridgehead atoms. The molecule has 204 valence electrons. The Morgan fingerprint density at radius 2 is 1.92 bits per heavy atom. The number of hydrogen-bond acceptors (Lipinski definition) is 8. The average molecular weight is 527 g/mol. The fraction of sp³-hybridized carbons (Fsp3) is 0.519. The first-order chi connectivity index (χ1) is 17.8. The lowest BCUT2D eigenvalue weighted by Crippen LogP contribution is -2.55. The van der Waals surface area contributed by atoms with Gasteiger partial charge in [-0.3, -0.25) is 9.55 Å². The molecule has 1 amide bonds. The highest BCUT2D eigenvalue weighted by atomic mass is 19.1. The van der Waals surface area contributed by atoms with Crippen molar-refractivity contribution in [2.45, 2.75) is 66.0 Å². The van der Waals surface area contributed by atoms with Gasteiger partial charge in [-0.2, -0.15) is 9.37 Å². The number of methoxy groups -OCH3 is 1. The van der Waals surface area contributed by atoms with Crippen LogP contribution in [0.1, 0.15) is 58.7 Å². The van der Waals surface area contributed by atoms with Crippen LogP contribution in [0.15, 0.2) is 23.3 Å². The highest BCUT2D eigenvalue weighted by Crippen LogP contribution is 2.34. The zero-order valence-corrected chi connectivity index (χ0v) is 23.2. The second kappa shape index (κ2) is 10.2. The molecule has 1 aliphatic rings. The molecule has 0 unspecified atom stereocenters. The summed E-state index contributed by atoms with van der Waals surface area (Å²) >= 11 is 0. The quantitative estimate of drug-likeness (QED) is 0.498. The third-order valence-corrected chi connectivity index (χ3v) is 6.49. The molecule has 0 aromatic carbocycles. The van der Waals surface area contributed by atoms with Gasteiger partial charge in [0.2, 0.25) is 5.82 Å². The molecular weight excluding hydrogens is 491 g/mol. The van der Waals surface area contributed by atoms with Gasteiger partial charge < -0.3 is 19.3 Å². The number of anilines is 1. The first-order valence-corrected chi connectivity index (χ1v) is 12.7. The molecule has 4 heterocycles. The van der Waals surface area contributed by atoms with Crippen LogP contribution < -0.4 is 15.3 Å². The van der Waals surface area contributed by atoms with E-state index in [-0.39, 0.29) is 23.4 Å². The standard InChI is InChI=1S/C27H35FN6O4/c1-15(2)20-21(16(3)9-10-29-20)34-22-18(13-30-24(37-8)19(22)28)23(31-25(34)35)33-12-11-32(14-17(33)4)26(36)38-27(5,6)7/h9-10,13,15,17H,11-12,14H2,1-8H3/t17-/m0/s1. The number of fused-ring (bicyclic) bond motifs is 1. The number of carbonyl (C=O) groups excluding carboxylic acids is 1. The molecule has 1 atom stereocenters. The van der Waals surface area contributed by atoms with Gasteiger partial charge in [-0.15, -0.1) is 0 Å². The van der Waals surface area contributed by atoms with Crippen molar-refractivity contribution < 1.29 is 18.7 Å². The second-order valence-electron chi connectivity index (χ2n) is 10.9. The summed E-state index contributed by atoms with van der Waals surface area (Å²) < 4.78 is 27.9. The van der Waals surface area contributed by atoms with Crippen molar-refractivity contribution in [1.82, 2.24) is 24.4 Å². The van der Waals surface area contributed by atoms with E-state index in [1.54, 1.807) is 17.2 Å². The normalized spacial score (nSPS) is 16.3. The number of piperazine rings is 1. The van der Waals surface area contributed by atoms with Crippen molar-refractivity contribution in [3.8, 4) is 11.6 Å². The molecule has 1 saturated heterocycles. The van der Waals surface area contributed by atoms with E-state index in [9.17, 15) is 9.59 Å². The van der Waals surface area contributed by atoms with Gasteiger partial charge in [0.25, 0.3) is 5.88 Å². The van der Waals surface area contributed by atoms with E-state index >= 15 is 4.39 Å². The van der Waals surface area contributed by atoms with Gasteiger partial charge in [0, 0.05) is 38.1 Å². The van der Waals surface area contributed by atoms with Crippen molar-refractivity contribution in [3.63, 3.8) is 0 Å². The van der Waals surface area contributed by atoms with Gasteiger partial charge in [-0.25, -0.2) is 14.6 Å². The minimum absolute atomic E-state index is 0.0200. The van der Waals surface area contributed by atoms with Crippen molar-refractivity contribution >= 4 is 22.8 Å². The van der Waals surface area contributed by atoms with Crippen molar-refractivity contribution in [2.75, 3.05) is 31.6 Å². The van der Waals surface area contributed by atoms with E-state index in [1.165, 1.54) is 17.9 Å². The van der Waals surface area contributed by atoms with E-state index in [1.807, 2.05) is 53.4 Å². The molecule has 10 nitrogen and oxygen atoms in total. The Morgan fingerprint density at radius 1 is 1.21 bits per heavy atom. The number of hydrogen-bond donors (Lipinski definition) is 0. The van der Waals surface area contributed by atoms with Crippen LogP contribution in [0, 0.1) is 12.7 Å². The lowest BCUT2D eigenvalue weighted by atomic mass is 10.0. The molecule has 0 spiro atoms. The van der Waals surface area contributed by atoms with E-state index in [0.29, 0.717) is 42.2 Å². The molecule has 1 aliphatic heterocycles. The largest absolute Gasteiger partial charge is 0.479 e.